The molecule has 0 radical (unpaired) electrons. The zero-order chi connectivity index (χ0) is 31.8. The molecular weight excluding hydrogens is 584 g/mol. The molecule has 1 N–H and O–H groups in total. The molecule has 232 valence electrons. The number of benzene rings is 2. The highest BCUT2D eigenvalue weighted by Crippen LogP contribution is 2.29. The third-order valence-corrected chi connectivity index (χ3v) is 8.31. The zero-order valence-corrected chi connectivity index (χ0v) is 24.7. The number of hydrogen-bond donors (Lipinski definition) is 1. The van der Waals surface area contributed by atoms with Crippen molar-refractivity contribution in [3.8, 4) is 11.1 Å². The van der Waals surface area contributed by atoms with Crippen LogP contribution >= 0.6 is 0 Å². The van der Waals surface area contributed by atoms with Crippen LogP contribution in [-0.2, 0) is 20.9 Å². The van der Waals surface area contributed by atoms with Crippen molar-refractivity contribution in [3.05, 3.63) is 71.9 Å². The summed E-state index contributed by atoms with van der Waals surface area (Å²) in [6.07, 6.45) is 2.33. The Morgan fingerprint density at radius 3 is 2.64 bits per heavy atom. The lowest BCUT2D eigenvalue weighted by atomic mass is 10.0. The van der Waals surface area contributed by atoms with E-state index in [0.29, 0.717) is 30.3 Å². The van der Waals surface area contributed by atoms with Gasteiger partial charge in [0.2, 0.25) is 17.7 Å². The van der Waals surface area contributed by atoms with Gasteiger partial charge in [-0.2, -0.15) is 15.3 Å². The molecule has 45 heavy (non-hydrogen) atoms. The van der Waals surface area contributed by atoms with Crippen LogP contribution in [0.5, 0.6) is 0 Å². The minimum absolute atomic E-state index is 0.140. The van der Waals surface area contributed by atoms with E-state index in [2.05, 4.69) is 20.6 Å². The van der Waals surface area contributed by atoms with E-state index in [1.165, 1.54) is 22.6 Å². The summed E-state index contributed by atoms with van der Waals surface area (Å²) in [5, 5.41) is 15.3. The molecule has 13 heteroatoms. The SMILES string of the molecule is CC(=O)c1nn(CC(=O)N2C[C@H](F)C[C@H]2C(=O)NC2CCCN(c3cc(C)ccc3F)C2=O)c2ccc(-c3ccnnc3)cc12. The fourth-order valence-electron chi connectivity index (χ4n) is 6.07. The molecule has 2 aliphatic rings. The van der Waals surface area contributed by atoms with Gasteiger partial charge in [0.25, 0.3) is 0 Å². The van der Waals surface area contributed by atoms with Crippen LogP contribution in [0, 0.1) is 12.7 Å². The van der Waals surface area contributed by atoms with E-state index in [1.54, 1.807) is 49.6 Å². The van der Waals surface area contributed by atoms with Crippen molar-refractivity contribution in [1.29, 1.82) is 0 Å². The van der Waals surface area contributed by atoms with Crippen LogP contribution < -0.4 is 10.2 Å². The fraction of sp³-hybridized carbons (Fsp3) is 0.344. The number of ketones is 1. The lowest BCUT2D eigenvalue weighted by molar-refractivity contribution is -0.140. The van der Waals surface area contributed by atoms with Crippen molar-refractivity contribution in [2.45, 2.75) is 57.9 Å². The normalized spacial score (nSPS) is 20.1. The van der Waals surface area contributed by atoms with E-state index >= 15 is 0 Å². The molecule has 11 nitrogen and oxygen atoms in total. The first-order chi connectivity index (χ1) is 21.6. The number of halogens is 2. The molecule has 3 amide bonds. The monoisotopic (exact) mass is 615 g/mol. The summed E-state index contributed by atoms with van der Waals surface area (Å²) in [5.74, 6) is -2.52. The second-order valence-corrected chi connectivity index (χ2v) is 11.5. The van der Waals surface area contributed by atoms with Crippen LogP contribution in [0.4, 0.5) is 14.5 Å². The maximum atomic E-state index is 14.7. The van der Waals surface area contributed by atoms with Gasteiger partial charge in [-0.3, -0.25) is 23.9 Å². The van der Waals surface area contributed by atoms with Gasteiger partial charge in [0.1, 0.15) is 36.3 Å². The van der Waals surface area contributed by atoms with Crippen molar-refractivity contribution < 1.29 is 28.0 Å². The highest BCUT2D eigenvalue weighted by molar-refractivity contribution is 6.06. The van der Waals surface area contributed by atoms with Crippen LogP contribution in [0.2, 0.25) is 0 Å². The number of carbonyl (C=O) groups excluding carboxylic acids is 4. The number of hydrogen-bond acceptors (Lipinski definition) is 7. The Kier molecular flexibility index (Phi) is 8.09. The number of carbonyl (C=O) groups is 4. The molecule has 1 unspecified atom stereocenters. The Hall–Kier alpha value is -5.07. The molecule has 3 atom stereocenters. The number of likely N-dealkylation sites (tertiary alicyclic amines) is 1. The molecule has 2 fully saturated rings. The first-order valence-corrected chi connectivity index (χ1v) is 14.7. The molecule has 0 bridgehead atoms. The van der Waals surface area contributed by atoms with Crippen LogP contribution in [0.3, 0.4) is 0 Å². The molecule has 0 spiro atoms. The lowest BCUT2D eigenvalue weighted by Crippen LogP contribution is -2.56. The summed E-state index contributed by atoms with van der Waals surface area (Å²) in [4.78, 5) is 55.2. The summed E-state index contributed by atoms with van der Waals surface area (Å²) in [6, 6.07) is 9.50. The van der Waals surface area contributed by atoms with Gasteiger partial charge >= 0.3 is 0 Å². The average Bonchev–Trinajstić information content (AvgIpc) is 3.60. The first kappa shape index (κ1) is 30.0. The van der Waals surface area contributed by atoms with Crippen LogP contribution in [0.15, 0.2) is 54.9 Å². The zero-order valence-electron chi connectivity index (χ0n) is 24.7. The second kappa shape index (κ2) is 12.1. The van der Waals surface area contributed by atoms with Gasteiger partial charge in [-0.25, -0.2) is 8.78 Å². The molecule has 2 aromatic heterocycles. The third kappa shape index (κ3) is 5.89. The summed E-state index contributed by atoms with van der Waals surface area (Å²) in [7, 11) is 0. The van der Waals surface area contributed by atoms with E-state index in [0.717, 1.165) is 21.6 Å². The number of fused-ring (bicyclic) bond motifs is 1. The third-order valence-electron chi connectivity index (χ3n) is 8.31. The second-order valence-electron chi connectivity index (χ2n) is 11.5. The maximum absolute atomic E-state index is 14.7. The van der Waals surface area contributed by atoms with Crippen molar-refractivity contribution in [1.82, 2.24) is 30.2 Å². The fourth-order valence-corrected chi connectivity index (χ4v) is 6.07. The summed E-state index contributed by atoms with van der Waals surface area (Å²) < 4.78 is 30.7. The highest BCUT2D eigenvalue weighted by atomic mass is 19.1. The number of Topliss-reactive ketones (excluding diaryl/α,β-unsaturated/α-hetero) is 1. The quantitative estimate of drug-likeness (QED) is 0.316. The van der Waals surface area contributed by atoms with E-state index < -0.39 is 41.8 Å². The van der Waals surface area contributed by atoms with Gasteiger partial charge in [0.15, 0.2) is 5.78 Å². The lowest BCUT2D eigenvalue weighted by Gasteiger charge is -2.34. The Labute approximate surface area is 257 Å². The predicted molar refractivity (Wildman–Crippen MR) is 160 cm³/mol. The summed E-state index contributed by atoms with van der Waals surface area (Å²) >= 11 is 0. The van der Waals surface area contributed by atoms with Crippen molar-refractivity contribution in [2.75, 3.05) is 18.0 Å². The Balaban J connectivity index is 1.20. The predicted octanol–water partition coefficient (Wildman–Crippen LogP) is 3.39. The van der Waals surface area contributed by atoms with Crippen molar-refractivity contribution >= 4 is 40.1 Å². The largest absolute Gasteiger partial charge is 0.342 e. The van der Waals surface area contributed by atoms with Gasteiger partial charge in [-0.1, -0.05) is 12.1 Å². The Morgan fingerprint density at radius 2 is 1.89 bits per heavy atom. The minimum atomic E-state index is -1.44. The van der Waals surface area contributed by atoms with Gasteiger partial charge in [0, 0.05) is 30.8 Å². The number of rotatable bonds is 7. The number of amides is 3. The van der Waals surface area contributed by atoms with Crippen LogP contribution in [-0.4, -0.2) is 79.7 Å². The molecule has 4 heterocycles. The Morgan fingerprint density at radius 1 is 1.07 bits per heavy atom. The standard InChI is InChI=1S/C32H31F2N7O4/c1-18-5-7-24(34)27(12-18)39-11-3-4-25(32(39)45)37-31(44)28-14-22(33)16-40(28)29(43)17-41-26-8-6-20(21-9-10-35-36-15-21)13-23(26)30(38-41)19(2)42/h5-10,12-13,15,22,25,28H,3-4,11,14,16-17H2,1-2H3,(H,37,44)/t22-,25?,28+/m1/s1. The van der Waals surface area contributed by atoms with E-state index in [-0.39, 0.29) is 36.7 Å². The molecule has 2 saturated heterocycles. The minimum Gasteiger partial charge on any atom is -0.342 e. The maximum Gasteiger partial charge on any atom is 0.249 e. The highest BCUT2D eigenvalue weighted by Gasteiger charge is 2.42. The molecule has 0 saturated carbocycles. The van der Waals surface area contributed by atoms with Gasteiger partial charge < -0.3 is 15.1 Å². The summed E-state index contributed by atoms with van der Waals surface area (Å²) in [5.41, 5.74) is 3.18. The van der Waals surface area contributed by atoms with E-state index in [9.17, 15) is 28.0 Å². The number of piperidine rings is 1. The number of alkyl halides is 1. The van der Waals surface area contributed by atoms with Crippen LogP contribution in [0.1, 0.15) is 42.2 Å². The number of nitrogens with zero attached hydrogens (tertiary/aromatic N) is 6. The number of aromatic nitrogens is 4. The van der Waals surface area contributed by atoms with Crippen LogP contribution in [0.25, 0.3) is 22.0 Å². The number of nitrogens with one attached hydrogen (secondary N) is 1. The number of aryl methyl sites for hydroxylation is 1. The van der Waals surface area contributed by atoms with E-state index in [1.807, 2.05) is 6.07 Å². The molecule has 2 aliphatic heterocycles. The molecule has 2 aromatic carbocycles. The molecule has 4 aromatic rings. The summed E-state index contributed by atoms with van der Waals surface area (Å²) in [6.45, 7) is 2.84. The first-order valence-electron chi connectivity index (χ1n) is 14.7. The topological polar surface area (TPSA) is 130 Å². The molecule has 6 rings (SSSR count). The van der Waals surface area contributed by atoms with Gasteiger partial charge in [-0.05, 0) is 61.2 Å². The average molecular weight is 616 g/mol. The van der Waals surface area contributed by atoms with Gasteiger partial charge in [0.05, 0.1) is 30.1 Å². The van der Waals surface area contributed by atoms with E-state index in [4.69, 9.17) is 0 Å². The number of anilines is 1. The van der Waals surface area contributed by atoms with Crippen molar-refractivity contribution in [2.24, 2.45) is 0 Å². The van der Waals surface area contributed by atoms with Gasteiger partial charge in [-0.15, -0.1) is 0 Å². The van der Waals surface area contributed by atoms with Crippen molar-refractivity contribution in [3.63, 3.8) is 0 Å². The Bertz CT molecular complexity index is 1810. The smallest absolute Gasteiger partial charge is 0.249 e. The molecule has 0 aliphatic carbocycles. The molecular formula is C32H31F2N7O4.